The van der Waals surface area contributed by atoms with Gasteiger partial charge in [-0.05, 0) is 83.2 Å². The largest absolute Gasteiger partial charge is 0.416 e. The number of likely N-dealkylation sites (tertiary alicyclic amines) is 1. The highest BCUT2D eigenvalue weighted by Gasteiger charge is 2.48. The third kappa shape index (κ3) is 5.65. The second kappa shape index (κ2) is 11.2. The van der Waals surface area contributed by atoms with Gasteiger partial charge in [-0.15, -0.1) is 0 Å². The second-order valence-corrected chi connectivity index (χ2v) is 11.8. The lowest BCUT2D eigenvalue weighted by molar-refractivity contribution is -0.138. The zero-order chi connectivity index (χ0) is 28.7. The zero-order valence-corrected chi connectivity index (χ0v) is 23.4. The number of halogens is 3. The molecule has 1 saturated carbocycles. The number of amides is 1. The molecule has 1 unspecified atom stereocenters. The van der Waals surface area contributed by atoms with E-state index in [4.69, 9.17) is 4.74 Å². The number of anilines is 1. The first-order valence-corrected chi connectivity index (χ1v) is 14.2. The highest BCUT2D eigenvalue weighted by Crippen LogP contribution is 2.49. The van der Waals surface area contributed by atoms with E-state index in [2.05, 4.69) is 22.6 Å². The van der Waals surface area contributed by atoms with Crippen LogP contribution in [0.15, 0.2) is 35.3 Å². The maximum absolute atomic E-state index is 13.8. The van der Waals surface area contributed by atoms with E-state index in [1.54, 1.807) is 23.8 Å². The SMILES string of the molecule is Cc1c(C(C)NC(=O)c2cn(C3CCOCC3)c(=O)cc2N[C@@H]2CC[C@@]23CCCN(C)C3)cccc1C(F)(F)F. The number of carbonyl (C=O) groups excluding carboxylic acids is 1. The topological polar surface area (TPSA) is 75.6 Å². The third-order valence-electron chi connectivity index (χ3n) is 9.20. The van der Waals surface area contributed by atoms with E-state index in [9.17, 15) is 22.8 Å². The Bertz CT molecular complexity index is 1300. The number of benzene rings is 1. The maximum atomic E-state index is 13.8. The number of piperidine rings is 1. The molecule has 10 heteroatoms. The molecule has 3 heterocycles. The summed E-state index contributed by atoms with van der Waals surface area (Å²) in [6.07, 6.45) is 2.76. The zero-order valence-electron chi connectivity index (χ0n) is 23.4. The van der Waals surface area contributed by atoms with Gasteiger partial charge in [0.15, 0.2) is 0 Å². The van der Waals surface area contributed by atoms with Gasteiger partial charge in [-0.1, -0.05) is 12.1 Å². The van der Waals surface area contributed by atoms with Crippen LogP contribution in [-0.4, -0.2) is 54.8 Å². The number of pyridine rings is 1. The van der Waals surface area contributed by atoms with Gasteiger partial charge in [0.1, 0.15) is 0 Å². The summed E-state index contributed by atoms with van der Waals surface area (Å²) in [6.45, 7) is 6.23. The molecule has 2 saturated heterocycles. The van der Waals surface area contributed by atoms with Crippen LogP contribution in [0.5, 0.6) is 0 Å². The molecule has 3 aliphatic rings. The molecule has 218 valence electrons. The molecule has 1 aromatic heterocycles. The van der Waals surface area contributed by atoms with Crippen molar-refractivity contribution >= 4 is 11.6 Å². The summed E-state index contributed by atoms with van der Waals surface area (Å²) in [7, 11) is 2.13. The van der Waals surface area contributed by atoms with Crippen molar-refractivity contribution in [2.24, 2.45) is 5.41 Å². The Labute approximate surface area is 233 Å². The van der Waals surface area contributed by atoms with Crippen LogP contribution in [0.2, 0.25) is 0 Å². The fourth-order valence-corrected chi connectivity index (χ4v) is 6.87. The number of carbonyl (C=O) groups is 1. The van der Waals surface area contributed by atoms with E-state index in [1.807, 2.05) is 0 Å². The van der Waals surface area contributed by atoms with Crippen LogP contribution in [0.1, 0.15) is 84.6 Å². The number of hydrogen-bond acceptors (Lipinski definition) is 5. The molecular weight excluding hydrogens is 521 g/mol. The summed E-state index contributed by atoms with van der Waals surface area (Å²) in [5.41, 5.74) is 0.518. The summed E-state index contributed by atoms with van der Waals surface area (Å²) in [5, 5.41) is 6.47. The van der Waals surface area contributed by atoms with Gasteiger partial charge in [-0.2, -0.15) is 13.2 Å². The minimum absolute atomic E-state index is 0.0768. The summed E-state index contributed by atoms with van der Waals surface area (Å²) in [6, 6.07) is 4.93. The molecule has 0 bridgehead atoms. The van der Waals surface area contributed by atoms with E-state index in [0.717, 1.165) is 44.8 Å². The number of rotatable bonds is 6. The molecule has 1 aliphatic carbocycles. The minimum Gasteiger partial charge on any atom is -0.381 e. The summed E-state index contributed by atoms with van der Waals surface area (Å²) < 4.78 is 47.7. The highest BCUT2D eigenvalue weighted by atomic mass is 19.4. The van der Waals surface area contributed by atoms with Crippen LogP contribution in [0.4, 0.5) is 18.9 Å². The number of aromatic nitrogens is 1. The highest BCUT2D eigenvalue weighted by molar-refractivity contribution is 5.99. The Balaban J connectivity index is 1.45. The van der Waals surface area contributed by atoms with Crippen molar-refractivity contribution in [3.8, 4) is 0 Å². The Kier molecular flexibility index (Phi) is 8.03. The fraction of sp³-hybridized carbons (Fsp3) is 0.600. The molecule has 2 aromatic rings. The summed E-state index contributed by atoms with van der Waals surface area (Å²) in [4.78, 5) is 29.4. The van der Waals surface area contributed by atoms with Crippen molar-refractivity contribution < 1.29 is 22.7 Å². The Morgan fingerprint density at radius 1 is 1.18 bits per heavy atom. The molecular formula is C30H39F3N4O3. The number of ether oxygens (including phenoxy) is 1. The van der Waals surface area contributed by atoms with Gasteiger partial charge >= 0.3 is 6.18 Å². The van der Waals surface area contributed by atoms with Gasteiger partial charge < -0.3 is 24.8 Å². The van der Waals surface area contributed by atoms with Crippen molar-refractivity contribution in [3.05, 3.63) is 63.1 Å². The first kappa shape index (κ1) is 28.7. The summed E-state index contributed by atoms with van der Waals surface area (Å²) in [5.74, 6) is -0.429. The van der Waals surface area contributed by atoms with Gasteiger partial charge in [-0.3, -0.25) is 9.59 Å². The lowest BCUT2D eigenvalue weighted by atomic mass is 9.60. The predicted octanol–water partition coefficient (Wildman–Crippen LogP) is 5.30. The molecule has 0 radical (unpaired) electrons. The molecule has 1 amide bonds. The Hall–Kier alpha value is -2.85. The van der Waals surface area contributed by atoms with Gasteiger partial charge in [0.05, 0.1) is 22.9 Å². The first-order valence-electron chi connectivity index (χ1n) is 14.2. The first-order chi connectivity index (χ1) is 19.0. The van der Waals surface area contributed by atoms with E-state index < -0.39 is 23.7 Å². The number of hydrogen-bond donors (Lipinski definition) is 2. The van der Waals surface area contributed by atoms with Crippen LogP contribution >= 0.6 is 0 Å². The predicted molar refractivity (Wildman–Crippen MR) is 148 cm³/mol. The summed E-state index contributed by atoms with van der Waals surface area (Å²) >= 11 is 0. The normalized spacial score (nSPS) is 24.9. The maximum Gasteiger partial charge on any atom is 0.416 e. The van der Waals surface area contributed by atoms with Crippen LogP contribution in [-0.2, 0) is 10.9 Å². The molecule has 40 heavy (non-hydrogen) atoms. The lowest BCUT2D eigenvalue weighted by Crippen LogP contribution is -2.57. The van der Waals surface area contributed by atoms with Gasteiger partial charge in [0, 0.05) is 49.5 Å². The van der Waals surface area contributed by atoms with E-state index >= 15 is 0 Å². The molecule has 1 spiro atoms. The molecule has 2 N–H and O–H groups in total. The molecule has 2 aliphatic heterocycles. The van der Waals surface area contributed by atoms with Crippen molar-refractivity contribution in [2.45, 2.75) is 76.7 Å². The van der Waals surface area contributed by atoms with Crippen molar-refractivity contribution in [2.75, 3.05) is 38.7 Å². The second-order valence-electron chi connectivity index (χ2n) is 11.8. The quantitative estimate of drug-likeness (QED) is 0.501. The van der Waals surface area contributed by atoms with E-state index in [0.29, 0.717) is 42.9 Å². The fourth-order valence-electron chi connectivity index (χ4n) is 6.87. The molecule has 7 nitrogen and oxygen atoms in total. The minimum atomic E-state index is -4.48. The molecule has 5 rings (SSSR count). The molecule has 1 aromatic carbocycles. The van der Waals surface area contributed by atoms with E-state index in [1.165, 1.54) is 19.1 Å². The van der Waals surface area contributed by atoms with Crippen LogP contribution in [0.25, 0.3) is 0 Å². The average Bonchev–Trinajstić information content (AvgIpc) is 2.91. The Morgan fingerprint density at radius 3 is 2.58 bits per heavy atom. The van der Waals surface area contributed by atoms with Crippen molar-refractivity contribution in [1.29, 1.82) is 0 Å². The van der Waals surface area contributed by atoms with Crippen LogP contribution in [0, 0.1) is 12.3 Å². The Morgan fingerprint density at radius 2 is 1.93 bits per heavy atom. The standard InChI is InChI=1S/C30H39F3N4O3/c1-19-22(6-4-7-24(19)30(31,32)33)20(2)34-28(39)23-17-37(21-9-14-40-15-10-21)27(38)16-25(23)35-26-8-12-29(26)11-5-13-36(3)18-29/h4,6-7,16-17,20-21,26,35H,5,8-15,18H2,1-3H3,(H,34,39)/t20?,26-,29-/m1/s1. The third-order valence-corrected chi connectivity index (χ3v) is 9.20. The average molecular weight is 561 g/mol. The smallest absolute Gasteiger partial charge is 0.381 e. The monoisotopic (exact) mass is 560 g/mol. The lowest BCUT2D eigenvalue weighted by Gasteiger charge is -2.54. The van der Waals surface area contributed by atoms with Gasteiger partial charge in [0.2, 0.25) is 0 Å². The van der Waals surface area contributed by atoms with Gasteiger partial charge in [0.25, 0.3) is 11.5 Å². The van der Waals surface area contributed by atoms with Crippen LogP contribution in [0.3, 0.4) is 0 Å². The van der Waals surface area contributed by atoms with Crippen molar-refractivity contribution in [1.82, 2.24) is 14.8 Å². The van der Waals surface area contributed by atoms with Gasteiger partial charge in [-0.25, -0.2) is 0 Å². The van der Waals surface area contributed by atoms with E-state index in [-0.39, 0.29) is 28.6 Å². The number of alkyl halides is 3. The number of nitrogens with zero attached hydrogens (tertiary/aromatic N) is 2. The van der Waals surface area contributed by atoms with Crippen molar-refractivity contribution in [3.63, 3.8) is 0 Å². The van der Waals surface area contributed by atoms with Crippen LogP contribution < -0.4 is 16.2 Å². The molecule has 3 fully saturated rings. The molecule has 3 atom stereocenters. The number of nitrogens with one attached hydrogen (secondary N) is 2.